The highest BCUT2D eigenvalue weighted by atomic mass is 16.5. The van der Waals surface area contributed by atoms with E-state index in [1.165, 1.54) is 65.6 Å². The quantitative estimate of drug-likeness (QED) is 0.157. The number of hydrogen-bond acceptors (Lipinski definition) is 7. The summed E-state index contributed by atoms with van der Waals surface area (Å²) in [5, 5.41) is 11.2. The number of aromatic amines is 1. The maximum atomic E-state index is 14.0. The van der Waals surface area contributed by atoms with Crippen LogP contribution in [0.1, 0.15) is 56.5 Å². The average molecular weight is 697 g/mol. The molecule has 2 bridgehead atoms. The minimum Gasteiger partial charge on any atom is -0.453 e. The maximum absolute atomic E-state index is 14.0. The van der Waals surface area contributed by atoms with Gasteiger partial charge in [-0.25, -0.2) is 9.78 Å². The zero-order chi connectivity index (χ0) is 35.5. The van der Waals surface area contributed by atoms with Gasteiger partial charge in [0, 0.05) is 36.9 Å². The molecule has 52 heavy (non-hydrogen) atoms. The van der Waals surface area contributed by atoms with Gasteiger partial charge in [0.2, 0.25) is 5.91 Å². The number of carbonyl (C=O) groups excluding carboxylic acids is 2. The van der Waals surface area contributed by atoms with E-state index in [-0.39, 0.29) is 18.0 Å². The van der Waals surface area contributed by atoms with Gasteiger partial charge in [-0.05, 0) is 114 Å². The predicted octanol–water partition coefficient (Wildman–Crippen LogP) is 7.24. The average Bonchev–Trinajstić information content (AvgIpc) is 4.03. The van der Waals surface area contributed by atoms with Gasteiger partial charge in [0.1, 0.15) is 11.9 Å². The summed E-state index contributed by atoms with van der Waals surface area (Å²) < 4.78 is 10.3. The van der Waals surface area contributed by atoms with Crippen molar-refractivity contribution in [1.82, 2.24) is 25.5 Å². The fraction of sp³-hybridized carbons (Fsp3) is 0.381. The monoisotopic (exact) mass is 696 g/mol. The second kappa shape index (κ2) is 13.2. The van der Waals surface area contributed by atoms with Crippen LogP contribution < -0.4 is 10.6 Å². The summed E-state index contributed by atoms with van der Waals surface area (Å²) in [7, 11) is 2.83. The summed E-state index contributed by atoms with van der Waals surface area (Å²) in [4.78, 5) is 41.5. The van der Waals surface area contributed by atoms with E-state index in [2.05, 4.69) is 82.3 Å². The van der Waals surface area contributed by atoms with Gasteiger partial charge in [0.15, 0.2) is 0 Å². The van der Waals surface area contributed by atoms with Crippen molar-refractivity contribution < 1.29 is 19.1 Å². The van der Waals surface area contributed by atoms with E-state index in [0.717, 1.165) is 60.4 Å². The Hall–Kier alpha value is -5.06. The molecule has 0 spiro atoms. The van der Waals surface area contributed by atoms with Crippen LogP contribution in [0, 0.1) is 5.92 Å². The van der Waals surface area contributed by atoms with Crippen LogP contribution in [0.4, 0.5) is 10.5 Å². The van der Waals surface area contributed by atoms with Gasteiger partial charge >= 0.3 is 6.09 Å². The Morgan fingerprint density at radius 2 is 1.67 bits per heavy atom. The molecule has 5 aromatic rings. The van der Waals surface area contributed by atoms with Gasteiger partial charge in [0.05, 0.1) is 36.8 Å². The highest BCUT2D eigenvalue weighted by Crippen LogP contribution is 2.50. The van der Waals surface area contributed by atoms with Crippen molar-refractivity contribution >= 4 is 44.9 Å². The first-order chi connectivity index (χ1) is 25.4. The Morgan fingerprint density at radius 3 is 2.44 bits per heavy atom. The molecule has 4 aliphatic rings. The number of methoxy groups -OCH3 is 2. The highest BCUT2D eigenvalue weighted by molar-refractivity contribution is 6.04. The summed E-state index contributed by atoms with van der Waals surface area (Å²) in [5.41, 5.74) is 8.07. The normalized spacial score (nSPS) is 23.2. The van der Waals surface area contributed by atoms with Crippen molar-refractivity contribution in [2.24, 2.45) is 10.9 Å². The molecule has 10 heteroatoms. The molecule has 4 aromatic carbocycles. The topological polar surface area (TPSA) is 121 Å². The number of benzene rings is 4. The number of carbonyl (C=O) groups is 2. The fourth-order valence-corrected chi connectivity index (χ4v) is 9.14. The minimum absolute atomic E-state index is 0.0985. The van der Waals surface area contributed by atoms with E-state index in [4.69, 9.17) is 19.5 Å². The lowest BCUT2D eigenvalue weighted by Crippen LogP contribution is -2.56. The van der Waals surface area contributed by atoms with E-state index >= 15 is 0 Å². The summed E-state index contributed by atoms with van der Waals surface area (Å²) >= 11 is 0. The van der Waals surface area contributed by atoms with Crippen molar-refractivity contribution in [3.63, 3.8) is 0 Å². The van der Waals surface area contributed by atoms with Gasteiger partial charge in [-0.2, -0.15) is 0 Å². The van der Waals surface area contributed by atoms with Gasteiger partial charge in [-0.15, -0.1) is 0 Å². The Kier molecular flexibility index (Phi) is 8.31. The smallest absolute Gasteiger partial charge is 0.407 e. The Bertz CT molecular complexity index is 2240. The van der Waals surface area contributed by atoms with Crippen LogP contribution >= 0.6 is 0 Å². The minimum atomic E-state index is -0.865. The number of rotatable bonds is 8. The second-order valence-electron chi connectivity index (χ2n) is 14.9. The van der Waals surface area contributed by atoms with Crippen LogP contribution in [0.25, 0.3) is 43.9 Å². The number of imidazole rings is 1. The third-order valence-corrected chi connectivity index (χ3v) is 12.0. The zero-order valence-corrected chi connectivity index (χ0v) is 29.8. The molecule has 0 unspecified atom stereocenters. The summed E-state index contributed by atoms with van der Waals surface area (Å²) in [6.07, 6.45) is 6.91. The van der Waals surface area contributed by atoms with Crippen molar-refractivity contribution in [3.8, 4) is 22.4 Å². The van der Waals surface area contributed by atoms with Crippen LogP contribution in [0.3, 0.4) is 0 Å². The first-order valence-electron chi connectivity index (χ1n) is 18.5. The Morgan fingerprint density at radius 1 is 0.923 bits per heavy atom. The molecular weight excluding hydrogens is 653 g/mol. The van der Waals surface area contributed by atoms with Gasteiger partial charge in [0.25, 0.3) is 0 Å². The van der Waals surface area contributed by atoms with Crippen molar-refractivity contribution in [2.75, 3.05) is 20.8 Å². The molecule has 3 N–H and O–H groups in total. The molecule has 0 radical (unpaired) electrons. The lowest BCUT2D eigenvalue weighted by Gasteiger charge is -2.37. The standard InChI is InChI=1S/C42H44N6O4/c1-23(51-2)38(47-42(50)52-3)41(49)48-31-13-10-30(20-31)39(48)40-44-22-37(46-40)29-9-8-25-17-24(6-7-26(25)19-29)27-11-14-32-28(18-27)12-15-34-33(32)21-36(45-34)35-5-4-16-43-35/h6-9,11-12,14-15,17-19,22-23,30-31,35,38-39,43H,4-5,10,13,16,20-21H2,1-3H3,(H,44,46)(H,47,50)/t23-,30+,31-,35+,38+,39+/m1/s1. The summed E-state index contributed by atoms with van der Waals surface area (Å²) in [5.74, 6) is 0.898. The zero-order valence-electron chi connectivity index (χ0n) is 29.8. The number of likely N-dealkylation sites (tertiary alicyclic amines) is 1. The fourth-order valence-electron chi connectivity index (χ4n) is 9.14. The molecule has 266 valence electrons. The van der Waals surface area contributed by atoms with Crippen molar-refractivity contribution in [3.05, 3.63) is 84.3 Å². The van der Waals surface area contributed by atoms with Crippen LogP contribution in [0.15, 0.2) is 77.9 Å². The number of nitrogens with zero attached hydrogens (tertiary/aromatic N) is 3. The molecule has 1 aromatic heterocycles. The molecule has 2 amide bonds. The number of nitrogens with one attached hydrogen (secondary N) is 3. The lowest BCUT2D eigenvalue weighted by molar-refractivity contribution is -0.141. The largest absolute Gasteiger partial charge is 0.453 e. The highest BCUT2D eigenvalue weighted by Gasteiger charge is 2.52. The molecule has 1 aliphatic carbocycles. The number of aromatic nitrogens is 2. The molecule has 3 aliphatic heterocycles. The van der Waals surface area contributed by atoms with Gasteiger partial charge < -0.3 is 30.0 Å². The third kappa shape index (κ3) is 5.65. The van der Waals surface area contributed by atoms with Crippen molar-refractivity contribution in [2.45, 2.75) is 75.7 Å². The first kappa shape index (κ1) is 32.8. The molecule has 3 fully saturated rings. The number of ether oxygens (including phenoxy) is 2. The Labute approximate surface area is 303 Å². The van der Waals surface area contributed by atoms with Crippen LogP contribution in [-0.4, -0.2) is 77.6 Å². The number of aliphatic imine (C=N–C) groups is 1. The summed E-state index contributed by atoms with van der Waals surface area (Å²) in [6.45, 7) is 2.86. The molecule has 2 saturated heterocycles. The molecule has 6 atom stereocenters. The number of fused-ring (bicyclic) bond motifs is 6. The maximum Gasteiger partial charge on any atom is 0.407 e. The predicted molar refractivity (Wildman–Crippen MR) is 203 cm³/mol. The van der Waals surface area contributed by atoms with E-state index in [1.54, 1.807) is 6.92 Å². The van der Waals surface area contributed by atoms with E-state index in [9.17, 15) is 9.59 Å². The van der Waals surface area contributed by atoms with Crippen molar-refractivity contribution in [1.29, 1.82) is 0 Å². The number of piperidine rings is 1. The number of H-pyrrole nitrogens is 1. The SMILES string of the molecule is COC(=O)N[C@H](C(=O)N1[C@@H]2CC[C@@H](C2)[C@H]1c1ncc(-c2ccc3cc(-c4ccc5c6c(ccc5c4)N=C([C@@H]4CCCN4)C6)ccc3c2)[nH]1)[C@@H](C)OC. The molecule has 10 nitrogen and oxygen atoms in total. The van der Waals surface area contributed by atoms with Crippen LogP contribution in [0.5, 0.6) is 0 Å². The third-order valence-electron chi connectivity index (χ3n) is 12.0. The van der Waals surface area contributed by atoms with E-state index in [1.807, 2.05) is 11.1 Å². The van der Waals surface area contributed by atoms with Crippen LogP contribution in [0.2, 0.25) is 0 Å². The van der Waals surface area contributed by atoms with E-state index in [0.29, 0.717) is 12.0 Å². The van der Waals surface area contributed by atoms with Crippen LogP contribution in [-0.2, 0) is 20.7 Å². The van der Waals surface area contributed by atoms with E-state index < -0.39 is 18.2 Å². The Balaban J connectivity index is 0.951. The molecule has 9 rings (SSSR count). The second-order valence-corrected chi connectivity index (χ2v) is 14.9. The van der Waals surface area contributed by atoms with Gasteiger partial charge in [-0.1, -0.05) is 42.5 Å². The summed E-state index contributed by atoms with van der Waals surface area (Å²) in [6, 6.07) is 23.8. The first-order valence-corrected chi connectivity index (χ1v) is 18.5. The lowest BCUT2D eigenvalue weighted by atomic mass is 9.94. The number of alkyl carbamates (subject to hydrolysis) is 1. The molecule has 1 saturated carbocycles. The molecule has 4 heterocycles. The number of amides is 2. The van der Waals surface area contributed by atoms with Gasteiger partial charge in [-0.3, -0.25) is 9.79 Å². The number of hydrogen-bond donors (Lipinski definition) is 3. The molecular formula is C42H44N6O4.